The quantitative estimate of drug-likeness (QED) is 0.642. The molecule has 0 radical (unpaired) electrons. The Morgan fingerprint density at radius 2 is 2.00 bits per heavy atom. The van der Waals surface area contributed by atoms with Crippen LogP contribution in [0.25, 0.3) is 10.1 Å². The molecular formula is C17H14F3N3O3S. The third-order valence-electron chi connectivity index (χ3n) is 3.64. The highest BCUT2D eigenvalue weighted by atomic mass is 32.1. The highest BCUT2D eigenvalue weighted by Gasteiger charge is 2.36. The number of fused-ring (bicyclic) bond motifs is 1. The predicted molar refractivity (Wildman–Crippen MR) is 95.1 cm³/mol. The van der Waals surface area contributed by atoms with Gasteiger partial charge in [-0.3, -0.25) is 4.84 Å². The van der Waals surface area contributed by atoms with Crippen LogP contribution in [0.4, 0.5) is 23.7 Å². The summed E-state index contributed by atoms with van der Waals surface area (Å²) in [6, 6.07) is 7.42. The number of amides is 2. The summed E-state index contributed by atoms with van der Waals surface area (Å²) in [4.78, 5) is 16.6. The maximum Gasteiger partial charge on any atom is 0.420 e. The summed E-state index contributed by atoms with van der Waals surface area (Å²) in [5.41, 5.74) is -1.12. The lowest BCUT2D eigenvalue weighted by atomic mass is 10.1. The number of alkyl halides is 3. The molecule has 6 nitrogen and oxygen atoms in total. The molecule has 0 saturated carbocycles. The fraction of sp³-hybridized carbons (Fsp3) is 0.176. The third-order valence-corrected chi connectivity index (χ3v) is 4.42. The summed E-state index contributed by atoms with van der Waals surface area (Å²) in [6.45, 7) is 0. The number of urea groups is 1. The highest BCUT2D eigenvalue weighted by molar-refractivity contribution is 7.13. The Hall–Kier alpha value is -2.85. The van der Waals surface area contributed by atoms with Crippen LogP contribution >= 0.6 is 11.5 Å². The lowest BCUT2D eigenvalue weighted by molar-refractivity contribution is -0.138. The van der Waals surface area contributed by atoms with E-state index in [4.69, 9.17) is 9.57 Å². The van der Waals surface area contributed by atoms with Crippen LogP contribution in [0.3, 0.4) is 0 Å². The van der Waals surface area contributed by atoms with Crippen molar-refractivity contribution in [3.05, 3.63) is 48.2 Å². The minimum Gasteiger partial charge on any atom is -0.457 e. The molecule has 0 spiro atoms. The maximum atomic E-state index is 13.5. The molecule has 3 rings (SSSR count). The molecule has 1 N–H and O–H groups in total. The second-order valence-electron chi connectivity index (χ2n) is 5.34. The van der Waals surface area contributed by atoms with Crippen LogP contribution in [0.2, 0.25) is 0 Å². The van der Waals surface area contributed by atoms with Gasteiger partial charge in [0.1, 0.15) is 17.1 Å². The van der Waals surface area contributed by atoms with E-state index >= 15 is 0 Å². The number of halogens is 3. The molecular weight excluding hydrogens is 383 g/mol. The number of ether oxygens (including phenoxy) is 1. The first-order valence-corrected chi connectivity index (χ1v) is 8.40. The van der Waals surface area contributed by atoms with Crippen molar-refractivity contribution in [1.29, 1.82) is 0 Å². The summed E-state index contributed by atoms with van der Waals surface area (Å²) in [5.74, 6) is -0.141. The first-order valence-electron chi connectivity index (χ1n) is 7.63. The van der Waals surface area contributed by atoms with E-state index in [0.717, 1.165) is 22.2 Å². The fourth-order valence-corrected chi connectivity index (χ4v) is 3.03. The molecule has 0 aliphatic heterocycles. The van der Waals surface area contributed by atoms with Crippen molar-refractivity contribution in [2.45, 2.75) is 6.18 Å². The molecule has 0 bridgehead atoms. The Morgan fingerprint density at radius 1 is 1.22 bits per heavy atom. The average molecular weight is 397 g/mol. The molecule has 0 unspecified atom stereocenters. The Morgan fingerprint density at radius 3 is 2.67 bits per heavy atom. The number of carbonyl (C=O) groups excluding carboxylic acids is 1. The van der Waals surface area contributed by atoms with Gasteiger partial charge in [0.05, 0.1) is 17.5 Å². The van der Waals surface area contributed by atoms with Gasteiger partial charge in [0.2, 0.25) is 0 Å². The number of benzene rings is 2. The molecule has 2 aromatic carbocycles. The Balaban J connectivity index is 2.00. The third kappa shape index (κ3) is 3.96. The molecule has 10 heteroatoms. The zero-order valence-electron chi connectivity index (χ0n) is 14.2. The number of aromatic nitrogens is 1. The monoisotopic (exact) mass is 397 g/mol. The van der Waals surface area contributed by atoms with E-state index in [9.17, 15) is 18.0 Å². The topological polar surface area (TPSA) is 63.7 Å². The predicted octanol–water partition coefficient (Wildman–Crippen LogP) is 4.81. The minimum absolute atomic E-state index is 0.0889. The van der Waals surface area contributed by atoms with Crippen LogP contribution in [-0.4, -0.2) is 24.6 Å². The van der Waals surface area contributed by atoms with Crippen molar-refractivity contribution >= 4 is 33.3 Å². The van der Waals surface area contributed by atoms with Gasteiger partial charge in [0.25, 0.3) is 0 Å². The van der Waals surface area contributed by atoms with Crippen molar-refractivity contribution in [2.24, 2.45) is 0 Å². The first-order chi connectivity index (χ1) is 12.8. The largest absolute Gasteiger partial charge is 0.457 e. The summed E-state index contributed by atoms with van der Waals surface area (Å²) < 4.78 is 51.0. The second kappa shape index (κ2) is 7.41. The van der Waals surface area contributed by atoms with Gasteiger partial charge in [-0.1, -0.05) is 0 Å². The van der Waals surface area contributed by atoms with Crippen molar-refractivity contribution in [3.63, 3.8) is 0 Å². The lowest BCUT2D eigenvalue weighted by Crippen LogP contribution is -2.37. The van der Waals surface area contributed by atoms with Crippen molar-refractivity contribution in [2.75, 3.05) is 19.2 Å². The van der Waals surface area contributed by atoms with Crippen molar-refractivity contribution in [1.82, 2.24) is 9.69 Å². The number of rotatable bonds is 4. The number of nitrogens with one attached hydrogen (secondary N) is 1. The molecule has 0 atom stereocenters. The van der Waals surface area contributed by atoms with E-state index in [-0.39, 0.29) is 17.2 Å². The van der Waals surface area contributed by atoms with Gasteiger partial charge in [-0.05, 0) is 47.9 Å². The van der Waals surface area contributed by atoms with Crippen LogP contribution in [0, 0.1) is 0 Å². The SMILES string of the molecule is CNC(=O)N(OC)c1ccc(Oc2ccc3sncc3c2)c(C(F)(F)F)c1. The summed E-state index contributed by atoms with van der Waals surface area (Å²) in [5, 5.41) is 3.77. The van der Waals surface area contributed by atoms with Gasteiger partial charge in [-0.25, -0.2) is 4.79 Å². The number of nitrogens with zero attached hydrogens (tertiary/aromatic N) is 2. The number of hydrogen-bond acceptors (Lipinski definition) is 5. The van der Waals surface area contributed by atoms with Crippen LogP contribution < -0.4 is 15.1 Å². The van der Waals surface area contributed by atoms with Gasteiger partial charge in [-0.15, -0.1) is 0 Å². The van der Waals surface area contributed by atoms with E-state index in [1.54, 1.807) is 24.4 Å². The Labute approximate surface area is 156 Å². The van der Waals surface area contributed by atoms with Crippen molar-refractivity contribution < 1.29 is 27.5 Å². The smallest absolute Gasteiger partial charge is 0.420 e. The highest BCUT2D eigenvalue weighted by Crippen LogP contribution is 2.40. The molecule has 1 heterocycles. The Bertz CT molecular complexity index is 975. The number of anilines is 1. The average Bonchev–Trinajstić information content (AvgIpc) is 3.10. The maximum absolute atomic E-state index is 13.5. The van der Waals surface area contributed by atoms with Crippen molar-refractivity contribution in [3.8, 4) is 11.5 Å². The number of carbonyl (C=O) groups is 1. The molecule has 1 aromatic heterocycles. The molecule has 0 aliphatic rings. The Kier molecular flexibility index (Phi) is 5.19. The molecule has 0 saturated heterocycles. The zero-order valence-corrected chi connectivity index (χ0v) is 15.0. The molecule has 142 valence electrons. The van der Waals surface area contributed by atoms with E-state index in [1.165, 1.54) is 31.8 Å². The van der Waals surface area contributed by atoms with Gasteiger partial charge in [0.15, 0.2) is 0 Å². The summed E-state index contributed by atoms with van der Waals surface area (Å²) in [6.07, 6.45) is -3.08. The lowest BCUT2D eigenvalue weighted by Gasteiger charge is -2.21. The van der Waals surface area contributed by atoms with Crippen LogP contribution in [0.5, 0.6) is 11.5 Å². The molecule has 27 heavy (non-hydrogen) atoms. The normalized spacial score (nSPS) is 11.4. The van der Waals surface area contributed by atoms with Crippen LogP contribution in [0.15, 0.2) is 42.6 Å². The fourth-order valence-electron chi connectivity index (χ4n) is 2.40. The van der Waals surface area contributed by atoms with Gasteiger partial charge >= 0.3 is 12.2 Å². The van der Waals surface area contributed by atoms with Crippen LogP contribution in [0.1, 0.15) is 5.56 Å². The number of hydroxylamine groups is 1. The molecule has 2 amide bonds. The van der Waals surface area contributed by atoms with Gasteiger partial charge < -0.3 is 10.1 Å². The second-order valence-corrected chi connectivity index (χ2v) is 6.17. The van der Waals surface area contributed by atoms with E-state index < -0.39 is 17.8 Å². The summed E-state index contributed by atoms with van der Waals surface area (Å²) in [7, 11) is 2.52. The first kappa shape index (κ1) is 18.9. The summed E-state index contributed by atoms with van der Waals surface area (Å²) >= 11 is 1.28. The molecule has 3 aromatic rings. The zero-order chi connectivity index (χ0) is 19.6. The van der Waals surface area contributed by atoms with Gasteiger partial charge in [-0.2, -0.15) is 22.6 Å². The van der Waals surface area contributed by atoms with E-state index in [2.05, 4.69) is 9.69 Å². The standard InChI is InChI=1S/C17H14F3N3O3S/c1-21-16(24)23(25-2)11-3-5-14(13(8-11)17(18,19)20)26-12-4-6-15-10(7-12)9-22-27-15/h3-9H,1-2H3,(H,21,24). The van der Waals surface area contributed by atoms with Gasteiger partial charge in [0, 0.05) is 18.6 Å². The number of hydrogen-bond donors (Lipinski definition) is 1. The van der Waals surface area contributed by atoms with Crippen LogP contribution in [-0.2, 0) is 11.0 Å². The van der Waals surface area contributed by atoms with E-state index in [0.29, 0.717) is 5.06 Å². The van der Waals surface area contributed by atoms with E-state index in [1.807, 2.05) is 0 Å². The molecule has 0 fully saturated rings. The molecule has 0 aliphatic carbocycles. The minimum atomic E-state index is -4.69.